The van der Waals surface area contributed by atoms with Gasteiger partial charge < -0.3 is 28.4 Å². The Hall–Kier alpha value is -7.47. The van der Waals surface area contributed by atoms with E-state index in [1.54, 1.807) is 72.8 Å². The van der Waals surface area contributed by atoms with Gasteiger partial charge in [0.05, 0.1) is 0 Å². The van der Waals surface area contributed by atoms with Crippen LogP contribution in [-0.2, 0) is 0 Å². The van der Waals surface area contributed by atoms with Gasteiger partial charge in [0.1, 0.15) is 92.3 Å². The van der Waals surface area contributed by atoms with Crippen LogP contribution in [0, 0.1) is 0 Å². The van der Waals surface area contributed by atoms with E-state index in [-0.39, 0.29) is 39.6 Å². The second kappa shape index (κ2) is 20.8. The molecule has 0 aliphatic rings. The van der Waals surface area contributed by atoms with E-state index in [4.69, 9.17) is 28.4 Å². The topological polar surface area (TPSA) is 121 Å². The van der Waals surface area contributed by atoms with E-state index in [0.29, 0.717) is 34.5 Å². The number of hydrogen-bond donors (Lipinski definition) is 0. The van der Waals surface area contributed by atoms with Gasteiger partial charge in [-0.25, -0.2) is 28.1 Å². The second-order valence-corrected chi connectivity index (χ2v) is 13.7. The molecule has 12 heteroatoms. The van der Waals surface area contributed by atoms with Gasteiger partial charge in [-0.3, -0.25) is 0 Å². The molecular formula is C48H45N3O9. The van der Waals surface area contributed by atoms with Crippen molar-refractivity contribution in [2.75, 3.05) is 39.6 Å². The van der Waals surface area contributed by atoms with E-state index in [0.717, 1.165) is 13.7 Å². The standard InChI is InChI=1S/C48H45N3O9/c52-46-49(37(31-55-40-19-7-1-8-20-40)32-56-41-21-9-2-10-22-41)47(53)51(39(35-59-44-27-15-5-16-28-44)36-60-45-29-17-6-18-30-45)48(54)50(46)38(33-57-42-23-11-3-12-24-42)34-58-43-25-13-4-14-26-43/h1-30,37-39H,31-36H2. The SMILES string of the molecule is O=c1n(C(COc2ccccc2)COc2ccccc2)c(=O)n(C(COc2ccccc2)COc2ccccc2)c(=O)n1C(COc1ccccc1)COc1ccccc1. The fourth-order valence-corrected chi connectivity index (χ4v) is 6.38. The van der Waals surface area contributed by atoms with Crippen molar-refractivity contribution >= 4 is 0 Å². The molecule has 0 radical (unpaired) electrons. The molecule has 12 nitrogen and oxygen atoms in total. The van der Waals surface area contributed by atoms with E-state index >= 15 is 14.4 Å². The lowest BCUT2D eigenvalue weighted by Gasteiger charge is -2.27. The molecule has 0 N–H and O–H groups in total. The van der Waals surface area contributed by atoms with E-state index in [9.17, 15) is 0 Å². The fraction of sp³-hybridized carbons (Fsp3) is 0.188. The number of para-hydroxylation sites is 6. The zero-order chi connectivity index (χ0) is 41.4. The van der Waals surface area contributed by atoms with Crippen LogP contribution < -0.4 is 45.5 Å². The molecule has 6 aromatic carbocycles. The summed E-state index contributed by atoms with van der Waals surface area (Å²) in [5, 5.41) is 0. The lowest BCUT2D eigenvalue weighted by atomic mass is 10.2. The molecule has 0 saturated carbocycles. The van der Waals surface area contributed by atoms with Gasteiger partial charge >= 0.3 is 17.1 Å². The average Bonchev–Trinajstić information content (AvgIpc) is 3.30. The number of rotatable bonds is 21. The average molecular weight is 808 g/mol. The molecule has 0 amide bonds. The maximum Gasteiger partial charge on any atom is 0.337 e. The monoisotopic (exact) mass is 807 g/mol. The Morgan fingerprint density at radius 1 is 0.267 bits per heavy atom. The van der Waals surface area contributed by atoms with Crippen LogP contribution in [0.4, 0.5) is 0 Å². The van der Waals surface area contributed by atoms with Crippen LogP contribution in [0.15, 0.2) is 196 Å². The molecule has 0 saturated heterocycles. The Morgan fingerprint density at radius 3 is 0.567 bits per heavy atom. The number of ether oxygens (including phenoxy) is 6. The van der Waals surface area contributed by atoms with Crippen molar-refractivity contribution in [3.8, 4) is 34.5 Å². The van der Waals surface area contributed by atoms with E-state index in [1.807, 2.05) is 109 Å². The lowest BCUT2D eigenvalue weighted by Crippen LogP contribution is -2.60. The summed E-state index contributed by atoms with van der Waals surface area (Å²) in [4.78, 5) is 45.3. The first-order valence-corrected chi connectivity index (χ1v) is 19.6. The third kappa shape index (κ3) is 10.9. The second-order valence-electron chi connectivity index (χ2n) is 13.7. The van der Waals surface area contributed by atoms with Gasteiger partial charge in [-0.05, 0) is 72.8 Å². The van der Waals surface area contributed by atoms with E-state index < -0.39 is 35.2 Å². The van der Waals surface area contributed by atoms with Crippen molar-refractivity contribution in [3.63, 3.8) is 0 Å². The summed E-state index contributed by atoms with van der Waals surface area (Å²) in [5.74, 6) is 3.08. The Labute approximate surface area is 347 Å². The quantitative estimate of drug-likeness (QED) is 0.0739. The van der Waals surface area contributed by atoms with Crippen molar-refractivity contribution < 1.29 is 28.4 Å². The summed E-state index contributed by atoms with van der Waals surface area (Å²) in [7, 11) is 0. The molecule has 0 aliphatic heterocycles. The molecule has 0 bridgehead atoms. The number of aromatic nitrogens is 3. The van der Waals surface area contributed by atoms with Gasteiger partial charge in [0.15, 0.2) is 0 Å². The minimum atomic E-state index is -1.04. The smallest absolute Gasteiger partial charge is 0.337 e. The first kappa shape index (κ1) is 40.7. The molecule has 0 atom stereocenters. The summed E-state index contributed by atoms with van der Waals surface area (Å²) in [6.07, 6.45) is 0. The maximum atomic E-state index is 15.1. The van der Waals surface area contributed by atoms with Crippen LogP contribution >= 0.6 is 0 Å². The van der Waals surface area contributed by atoms with Crippen molar-refractivity contribution in [1.82, 2.24) is 13.7 Å². The highest BCUT2D eigenvalue weighted by Gasteiger charge is 2.31. The molecule has 306 valence electrons. The zero-order valence-corrected chi connectivity index (χ0v) is 32.8. The zero-order valence-electron chi connectivity index (χ0n) is 32.8. The molecule has 7 aromatic rings. The summed E-state index contributed by atoms with van der Waals surface area (Å²) >= 11 is 0. The third-order valence-corrected chi connectivity index (χ3v) is 9.45. The highest BCUT2D eigenvalue weighted by molar-refractivity contribution is 5.25. The maximum absolute atomic E-state index is 15.1. The van der Waals surface area contributed by atoms with E-state index in [2.05, 4.69) is 0 Å². The first-order valence-electron chi connectivity index (χ1n) is 19.6. The Morgan fingerprint density at radius 2 is 0.417 bits per heavy atom. The Kier molecular flexibility index (Phi) is 14.1. The van der Waals surface area contributed by atoms with Gasteiger partial charge in [-0.2, -0.15) is 0 Å². The molecule has 0 spiro atoms. The van der Waals surface area contributed by atoms with Crippen LogP contribution in [0.2, 0.25) is 0 Å². The summed E-state index contributed by atoms with van der Waals surface area (Å²) < 4.78 is 40.2. The summed E-state index contributed by atoms with van der Waals surface area (Å²) in [5.41, 5.74) is -2.70. The molecule has 1 aromatic heterocycles. The minimum Gasteiger partial charge on any atom is -0.491 e. The number of benzene rings is 6. The van der Waals surface area contributed by atoms with Crippen molar-refractivity contribution in [1.29, 1.82) is 0 Å². The molecule has 0 unspecified atom stereocenters. The Balaban J connectivity index is 1.38. The predicted molar refractivity (Wildman–Crippen MR) is 228 cm³/mol. The fourth-order valence-electron chi connectivity index (χ4n) is 6.38. The van der Waals surface area contributed by atoms with Crippen LogP contribution in [-0.4, -0.2) is 53.3 Å². The van der Waals surface area contributed by atoms with Crippen LogP contribution in [0.3, 0.4) is 0 Å². The molecule has 60 heavy (non-hydrogen) atoms. The van der Waals surface area contributed by atoms with Crippen molar-refractivity contribution in [2.45, 2.75) is 18.1 Å². The highest BCUT2D eigenvalue weighted by Crippen LogP contribution is 2.19. The molecule has 0 aliphatic carbocycles. The lowest BCUT2D eigenvalue weighted by molar-refractivity contribution is 0.133. The van der Waals surface area contributed by atoms with Crippen LogP contribution in [0.25, 0.3) is 0 Å². The highest BCUT2D eigenvalue weighted by atomic mass is 16.5. The predicted octanol–water partition coefficient (Wildman–Crippen LogP) is 7.27. The molecule has 0 fully saturated rings. The Bertz CT molecular complexity index is 2070. The van der Waals surface area contributed by atoms with Gasteiger partial charge in [-0.1, -0.05) is 109 Å². The van der Waals surface area contributed by atoms with E-state index in [1.165, 1.54) is 0 Å². The van der Waals surface area contributed by atoms with Crippen molar-refractivity contribution in [2.24, 2.45) is 0 Å². The normalized spacial score (nSPS) is 11.1. The van der Waals surface area contributed by atoms with Gasteiger partial charge in [0.25, 0.3) is 0 Å². The van der Waals surface area contributed by atoms with Gasteiger partial charge in [-0.15, -0.1) is 0 Å². The van der Waals surface area contributed by atoms with Gasteiger partial charge in [0.2, 0.25) is 0 Å². The van der Waals surface area contributed by atoms with Crippen molar-refractivity contribution in [3.05, 3.63) is 213 Å². The summed E-state index contributed by atoms with van der Waals surface area (Å²) in [6, 6.07) is 51.1. The number of hydrogen-bond acceptors (Lipinski definition) is 9. The van der Waals surface area contributed by atoms with Gasteiger partial charge in [0, 0.05) is 0 Å². The van der Waals surface area contributed by atoms with Crippen LogP contribution in [0.5, 0.6) is 34.5 Å². The largest absolute Gasteiger partial charge is 0.491 e. The minimum absolute atomic E-state index is 0.165. The molecule has 1 heterocycles. The molecule has 7 rings (SSSR count). The summed E-state index contributed by atoms with van der Waals surface area (Å²) in [6.45, 7) is -0.991. The molecular weight excluding hydrogens is 763 g/mol. The first-order chi connectivity index (χ1) is 29.5. The number of nitrogens with zero attached hydrogens (tertiary/aromatic N) is 3. The van der Waals surface area contributed by atoms with Crippen LogP contribution in [0.1, 0.15) is 18.1 Å². The third-order valence-electron chi connectivity index (χ3n) is 9.45.